The molecular weight excluding hydrogens is 292 g/mol. The van der Waals surface area contributed by atoms with E-state index in [-0.39, 0.29) is 24.0 Å². The first-order valence-corrected chi connectivity index (χ1v) is 8.72. The molecule has 1 aromatic heterocycles. The summed E-state index contributed by atoms with van der Waals surface area (Å²) in [5, 5.41) is 3.10. The van der Waals surface area contributed by atoms with Gasteiger partial charge in [-0.3, -0.25) is 4.79 Å². The Morgan fingerprint density at radius 3 is 2.83 bits per heavy atom. The second-order valence-corrected chi connectivity index (χ2v) is 6.98. The molecule has 1 aliphatic carbocycles. The number of aryl methyl sites for hydroxylation is 1. The van der Waals surface area contributed by atoms with E-state index in [0.29, 0.717) is 12.5 Å². The van der Waals surface area contributed by atoms with Crippen LogP contribution in [0.5, 0.6) is 0 Å². The van der Waals surface area contributed by atoms with Gasteiger partial charge < -0.3 is 15.0 Å². The molecule has 124 valence electrons. The van der Waals surface area contributed by atoms with E-state index in [4.69, 9.17) is 4.74 Å². The smallest absolute Gasteiger partial charge is 0.225 e. The lowest BCUT2D eigenvalue weighted by atomic mass is 9.99. The van der Waals surface area contributed by atoms with Gasteiger partial charge in [0, 0.05) is 32.0 Å². The molecule has 1 aromatic rings. The molecule has 6 heteroatoms. The molecule has 3 heterocycles. The lowest BCUT2D eigenvalue weighted by Gasteiger charge is -2.32. The van der Waals surface area contributed by atoms with Crippen molar-refractivity contribution in [2.75, 3.05) is 24.5 Å². The molecule has 3 atom stereocenters. The van der Waals surface area contributed by atoms with Crippen molar-refractivity contribution in [2.24, 2.45) is 11.8 Å². The molecule has 0 aromatic carbocycles. The van der Waals surface area contributed by atoms with Gasteiger partial charge in [0.15, 0.2) is 0 Å². The number of hydrogen-bond donors (Lipinski definition) is 1. The van der Waals surface area contributed by atoms with E-state index in [2.05, 4.69) is 27.1 Å². The highest BCUT2D eigenvalue weighted by molar-refractivity contribution is 5.80. The van der Waals surface area contributed by atoms with Crippen molar-refractivity contribution in [1.82, 2.24) is 15.3 Å². The number of anilines is 1. The SMILES string of the molecule is CCc1cnc(N2C[C@H]3C[C@H](C(=O)NCC4CC4)[C@@H](C2)O3)nc1. The van der Waals surface area contributed by atoms with E-state index >= 15 is 0 Å². The first-order chi connectivity index (χ1) is 11.2. The summed E-state index contributed by atoms with van der Waals surface area (Å²) >= 11 is 0. The maximum Gasteiger partial charge on any atom is 0.225 e. The van der Waals surface area contributed by atoms with Crippen LogP contribution in [0, 0.1) is 11.8 Å². The molecule has 2 aliphatic heterocycles. The molecule has 23 heavy (non-hydrogen) atoms. The predicted octanol–water partition coefficient (Wildman–Crippen LogP) is 1.16. The number of carbonyl (C=O) groups excluding carboxylic acids is 1. The lowest BCUT2D eigenvalue weighted by molar-refractivity contribution is -0.126. The maximum atomic E-state index is 12.4. The fourth-order valence-corrected chi connectivity index (χ4v) is 3.49. The van der Waals surface area contributed by atoms with Gasteiger partial charge in [-0.15, -0.1) is 0 Å². The van der Waals surface area contributed by atoms with E-state index in [1.165, 1.54) is 12.8 Å². The van der Waals surface area contributed by atoms with E-state index < -0.39 is 0 Å². The van der Waals surface area contributed by atoms with Gasteiger partial charge in [-0.2, -0.15) is 0 Å². The Morgan fingerprint density at radius 2 is 2.13 bits per heavy atom. The van der Waals surface area contributed by atoms with Gasteiger partial charge in [-0.1, -0.05) is 6.92 Å². The molecule has 0 spiro atoms. The zero-order chi connectivity index (χ0) is 15.8. The van der Waals surface area contributed by atoms with E-state index in [1.54, 1.807) is 0 Å². The third-order valence-electron chi connectivity index (χ3n) is 5.14. The molecule has 6 nitrogen and oxygen atoms in total. The monoisotopic (exact) mass is 316 g/mol. The predicted molar refractivity (Wildman–Crippen MR) is 86.1 cm³/mol. The van der Waals surface area contributed by atoms with Crippen LogP contribution < -0.4 is 10.2 Å². The van der Waals surface area contributed by atoms with Gasteiger partial charge in [-0.25, -0.2) is 9.97 Å². The van der Waals surface area contributed by atoms with Crippen LogP contribution >= 0.6 is 0 Å². The zero-order valence-corrected chi connectivity index (χ0v) is 13.6. The van der Waals surface area contributed by atoms with Crippen molar-refractivity contribution in [3.05, 3.63) is 18.0 Å². The highest BCUT2D eigenvalue weighted by Crippen LogP contribution is 2.34. The van der Waals surface area contributed by atoms with Crippen molar-refractivity contribution in [3.8, 4) is 0 Å². The number of carbonyl (C=O) groups is 1. The summed E-state index contributed by atoms with van der Waals surface area (Å²) in [6.07, 6.45) is 8.11. The topological polar surface area (TPSA) is 67.4 Å². The van der Waals surface area contributed by atoms with Gasteiger partial charge in [0.2, 0.25) is 11.9 Å². The quantitative estimate of drug-likeness (QED) is 0.883. The van der Waals surface area contributed by atoms with Gasteiger partial charge >= 0.3 is 0 Å². The molecule has 1 saturated carbocycles. The summed E-state index contributed by atoms with van der Waals surface area (Å²) in [6.45, 7) is 4.40. The van der Waals surface area contributed by atoms with Crippen LogP contribution in [0.25, 0.3) is 0 Å². The van der Waals surface area contributed by atoms with Crippen LogP contribution in [0.15, 0.2) is 12.4 Å². The number of hydrogen-bond acceptors (Lipinski definition) is 5. The van der Waals surface area contributed by atoms with E-state index in [1.807, 2.05) is 12.4 Å². The number of morpholine rings is 1. The third kappa shape index (κ3) is 3.17. The first-order valence-electron chi connectivity index (χ1n) is 8.72. The Labute approximate surface area is 136 Å². The summed E-state index contributed by atoms with van der Waals surface area (Å²) in [6, 6.07) is 0. The highest BCUT2D eigenvalue weighted by atomic mass is 16.5. The summed E-state index contributed by atoms with van der Waals surface area (Å²) in [4.78, 5) is 23.5. The third-order valence-corrected chi connectivity index (χ3v) is 5.14. The Balaban J connectivity index is 1.39. The van der Waals surface area contributed by atoms with E-state index in [9.17, 15) is 4.79 Å². The minimum atomic E-state index is -0.0394. The van der Waals surface area contributed by atoms with Crippen molar-refractivity contribution >= 4 is 11.9 Å². The number of aromatic nitrogens is 2. The van der Waals surface area contributed by atoms with Crippen LogP contribution in [-0.2, 0) is 16.0 Å². The second-order valence-electron chi connectivity index (χ2n) is 6.98. The van der Waals surface area contributed by atoms with Crippen LogP contribution in [0.3, 0.4) is 0 Å². The summed E-state index contributed by atoms with van der Waals surface area (Å²) in [7, 11) is 0. The van der Waals surface area contributed by atoms with Crippen LogP contribution in [0.4, 0.5) is 5.95 Å². The van der Waals surface area contributed by atoms with Gasteiger partial charge in [0.1, 0.15) is 0 Å². The molecule has 0 unspecified atom stereocenters. The molecule has 2 saturated heterocycles. The fraction of sp³-hybridized carbons (Fsp3) is 0.706. The Hall–Kier alpha value is -1.69. The number of nitrogens with one attached hydrogen (secondary N) is 1. The largest absolute Gasteiger partial charge is 0.370 e. The molecule has 0 radical (unpaired) electrons. The van der Waals surface area contributed by atoms with Crippen LogP contribution in [-0.4, -0.2) is 47.7 Å². The maximum absolute atomic E-state index is 12.4. The number of rotatable bonds is 5. The zero-order valence-electron chi connectivity index (χ0n) is 13.6. The molecule has 3 aliphatic rings. The van der Waals surface area contributed by atoms with Crippen molar-refractivity contribution < 1.29 is 9.53 Å². The van der Waals surface area contributed by atoms with Crippen LogP contribution in [0.1, 0.15) is 31.7 Å². The number of ether oxygens (including phenoxy) is 1. The average molecular weight is 316 g/mol. The molecular formula is C17H24N4O2. The lowest BCUT2D eigenvalue weighted by Crippen LogP contribution is -2.46. The Morgan fingerprint density at radius 1 is 1.35 bits per heavy atom. The molecule has 3 fully saturated rings. The Bertz CT molecular complexity index is 572. The summed E-state index contributed by atoms with van der Waals surface area (Å²) < 4.78 is 5.99. The van der Waals surface area contributed by atoms with Crippen molar-refractivity contribution in [1.29, 1.82) is 0 Å². The fourth-order valence-electron chi connectivity index (χ4n) is 3.49. The number of fused-ring (bicyclic) bond motifs is 2. The first kappa shape index (κ1) is 14.9. The minimum absolute atomic E-state index is 0.0290. The summed E-state index contributed by atoms with van der Waals surface area (Å²) in [5.74, 6) is 1.59. The molecule has 1 amide bonds. The van der Waals surface area contributed by atoms with Crippen LogP contribution in [0.2, 0.25) is 0 Å². The highest BCUT2D eigenvalue weighted by Gasteiger charge is 2.45. The molecule has 2 bridgehead atoms. The van der Waals surface area contributed by atoms with Crippen molar-refractivity contribution in [2.45, 2.75) is 44.8 Å². The second kappa shape index (κ2) is 6.07. The van der Waals surface area contributed by atoms with Crippen molar-refractivity contribution in [3.63, 3.8) is 0 Å². The van der Waals surface area contributed by atoms with Gasteiger partial charge in [0.25, 0.3) is 0 Å². The van der Waals surface area contributed by atoms with Gasteiger partial charge in [0.05, 0.1) is 18.1 Å². The number of amides is 1. The average Bonchev–Trinajstić information content (AvgIpc) is 3.37. The number of nitrogens with zero attached hydrogens (tertiary/aromatic N) is 3. The molecule has 4 rings (SSSR count). The summed E-state index contributed by atoms with van der Waals surface area (Å²) in [5.41, 5.74) is 1.14. The van der Waals surface area contributed by atoms with Gasteiger partial charge in [-0.05, 0) is 37.2 Å². The Kier molecular flexibility index (Phi) is 3.93. The normalized spacial score (nSPS) is 29.6. The van der Waals surface area contributed by atoms with E-state index in [0.717, 1.165) is 37.4 Å². The standard InChI is InChI=1S/C17H24N4O2/c1-2-11-6-19-17(20-7-11)21-9-13-5-14(15(10-21)23-13)16(22)18-8-12-3-4-12/h6-7,12-15H,2-5,8-10H2,1H3,(H,18,22)/t13-,14+,15-/m1/s1. The minimum Gasteiger partial charge on any atom is -0.370 e. The molecule has 1 N–H and O–H groups in total.